The summed E-state index contributed by atoms with van der Waals surface area (Å²) in [5, 5.41) is 17.0. The number of aromatic nitrogens is 3. The molecule has 19 heavy (non-hydrogen) atoms. The quantitative estimate of drug-likeness (QED) is 0.826. The molecule has 7 heteroatoms. The van der Waals surface area contributed by atoms with E-state index >= 15 is 0 Å². The van der Waals surface area contributed by atoms with E-state index in [-0.39, 0.29) is 12.2 Å². The Balaban J connectivity index is 2.36. The average Bonchev–Trinajstić information content (AvgIpc) is 2.89. The number of hydrogen-bond donors (Lipinski definition) is 1. The van der Waals surface area contributed by atoms with Gasteiger partial charge >= 0.3 is 11.9 Å². The summed E-state index contributed by atoms with van der Waals surface area (Å²) in [5.74, 6) is -1.52. The fraction of sp³-hybridized carbons (Fsp3) is 0.167. The smallest absolute Gasteiger partial charge is 0.337 e. The summed E-state index contributed by atoms with van der Waals surface area (Å²) in [4.78, 5) is 23.2. The first-order valence-electron chi connectivity index (χ1n) is 5.44. The molecule has 1 aromatic heterocycles. The van der Waals surface area contributed by atoms with Gasteiger partial charge in [0.1, 0.15) is 12.3 Å². The maximum atomic E-state index is 11.2. The third-order valence-corrected chi connectivity index (χ3v) is 2.37. The number of rotatable bonds is 4. The van der Waals surface area contributed by atoms with Crippen molar-refractivity contribution in [3.63, 3.8) is 0 Å². The molecular weight excluding hydrogens is 250 g/mol. The number of aromatic carboxylic acids is 1. The largest absolute Gasteiger partial charge is 0.478 e. The van der Waals surface area contributed by atoms with Crippen LogP contribution < -0.4 is 0 Å². The molecule has 1 aromatic carbocycles. The molecule has 98 valence electrons. The predicted molar refractivity (Wildman–Crippen MR) is 63.8 cm³/mol. The van der Waals surface area contributed by atoms with E-state index in [0.29, 0.717) is 11.3 Å². The van der Waals surface area contributed by atoms with E-state index in [1.54, 1.807) is 12.1 Å². The molecule has 0 saturated heterocycles. The van der Waals surface area contributed by atoms with Crippen LogP contribution in [0.3, 0.4) is 0 Å². The van der Waals surface area contributed by atoms with Crippen LogP contribution >= 0.6 is 0 Å². The van der Waals surface area contributed by atoms with Gasteiger partial charge in [0, 0.05) is 6.92 Å². The first-order valence-corrected chi connectivity index (χ1v) is 5.44. The third kappa shape index (κ3) is 2.95. The number of benzene rings is 1. The minimum absolute atomic E-state index is 0.0302. The van der Waals surface area contributed by atoms with Crippen LogP contribution in [0.15, 0.2) is 30.6 Å². The van der Waals surface area contributed by atoms with E-state index in [4.69, 9.17) is 4.74 Å². The number of esters is 1. The molecule has 2 aromatic rings. The lowest BCUT2D eigenvalue weighted by molar-refractivity contribution is -0.142. The Kier molecular flexibility index (Phi) is 3.56. The summed E-state index contributed by atoms with van der Waals surface area (Å²) in [7, 11) is 0. The lowest BCUT2D eigenvalue weighted by Crippen LogP contribution is -2.09. The second-order valence-corrected chi connectivity index (χ2v) is 3.76. The van der Waals surface area contributed by atoms with Crippen LogP contribution in [0.5, 0.6) is 0 Å². The number of carbonyl (C=O) groups is 2. The fourth-order valence-electron chi connectivity index (χ4n) is 1.54. The van der Waals surface area contributed by atoms with Crippen LogP contribution in [0, 0.1) is 0 Å². The van der Waals surface area contributed by atoms with Gasteiger partial charge in [0.2, 0.25) is 0 Å². The van der Waals surface area contributed by atoms with Crippen molar-refractivity contribution in [3.8, 4) is 5.69 Å². The first kappa shape index (κ1) is 12.7. The van der Waals surface area contributed by atoms with Gasteiger partial charge in [-0.05, 0) is 17.7 Å². The molecule has 0 aliphatic carbocycles. The fourth-order valence-corrected chi connectivity index (χ4v) is 1.54. The van der Waals surface area contributed by atoms with Gasteiger partial charge in [-0.25, -0.2) is 4.79 Å². The molecule has 0 amide bonds. The minimum Gasteiger partial charge on any atom is -0.478 e. The SMILES string of the molecule is CC(=O)OCc1ccc(-n2nccn2)c(C(=O)O)c1. The van der Waals surface area contributed by atoms with E-state index in [1.807, 2.05) is 0 Å². The molecule has 0 saturated carbocycles. The van der Waals surface area contributed by atoms with Crippen molar-refractivity contribution >= 4 is 11.9 Å². The first-order chi connectivity index (χ1) is 9.08. The number of nitrogens with zero attached hydrogens (tertiary/aromatic N) is 3. The highest BCUT2D eigenvalue weighted by Gasteiger charge is 2.14. The molecule has 0 aliphatic rings. The molecule has 0 unspecified atom stereocenters. The van der Waals surface area contributed by atoms with Crippen LogP contribution in [0.25, 0.3) is 5.69 Å². The van der Waals surface area contributed by atoms with Crippen LogP contribution in [-0.4, -0.2) is 32.0 Å². The summed E-state index contributed by atoms with van der Waals surface area (Å²) >= 11 is 0. The van der Waals surface area contributed by atoms with Gasteiger partial charge in [-0.1, -0.05) is 6.07 Å². The van der Waals surface area contributed by atoms with Crippen molar-refractivity contribution in [1.82, 2.24) is 15.0 Å². The van der Waals surface area contributed by atoms with Gasteiger partial charge in [-0.3, -0.25) is 4.79 Å². The predicted octanol–water partition coefficient (Wildman–Crippen LogP) is 1.03. The molecule has 0 fully saturated rings. The van der Waals surface area contributed by atoms with Gasteiger partial charge in [-0.2, -0.15) is 15.0 Å². The molecule has 1 N–H and O–H groups in total. The van der Waals surface area contributed by atoms with Gasteiger partial charge < -0.3 is 9.84 Å². The van der Waals surface area contributed by atoms with E-state index in [2.05, 4.69) is 10.2 Å². The van der Waals surface area contributed by atoms with Gasteiger partial charge in [0.25, 0.3) is 0 Å². The highest BCUT2D eigenvalue weighted by molar-refractivity contribution is 5.92. The van der Waals surface area contributed by atoms with E-state index in [1.165, 1.54) is 30.2 Å². The topological polar surface area (TPSA) is 94.3 Å². The van der Waals surface area contributed by atoms with E-state index in [9.17, 15) is 14.7 Å². The Morgan fingerprint density at radius 2 is 2.00 bits per heavy atom. The lowest BCUT2D eigenvalue weighted by atomic mass is 10.1. The molecule has 7 nitrogen and oxygen atoms in total. The van der Waals surface area contributed by atoms with Crippen molar-refractivity contribution in [3.05, 3.63) is 41.7 Å². The third-order valence-electron chi connectivity index (χ3n) is 2.37. The zero-order chi connectivity index (χ0) is 13.8. The zero-order valence-corrected chi connectivity index (χ0v) is 10.1. The van der Waals surface area contributed by atoms with E-state index < -0.39 is 11.9 Å². The zero-order valence-electron chi connectivity index (χ0n) is 10.1. The number of carboxylic acids is 1. The van der Waals surface area contributed by atoms with Crippen LogP contribution in [0.4, 0.5) is 0 Å². The Hall–Kier alpha value is -2.70. The summed E-state index contributed by atoms with van der Waals surface area (Å²) in [6.45, 7) is 1.32. The summed E-state index contributed by atoms with van der Waals surface area (Å²) in [5.41, 5.74) is 0.980. The van der Waals surface area contributed by atoms with Gasteiger partial charge in [0.15, 0.2) is 0 Å². The van der Waals surface area contributed by atoms with Crippen LogP contribution in [0.1, 0.15) is 22.8 Å². The number of hydrogen-bond acceptors (Lipinski definition) is 5. The molecule has 1 heterocycles. The van der Waals surface area contributed by atoms with Crippen molar-refractivity contribution < 1.29 is 19.4 Å². The molecule has 0 bridgehead atoms. The maximum absolute atomic E-state index is 11.2. The minimum atomic E-state index is -1.10. The second kappa shape index (κ2) is 5.30. The van der Waals surface area contributed by atoms with Gasteiger partial charge in [0.05, 0.1) is 18.0 Å². The van der Waals surface area contributed by atoms with Gasteiger partial charge in [-0.15, -0.1) is 0 Å². The molecule has 0 aliphatic heterocycles. The molecule has 2 rings (SSSR count). The number of carbonyl (C=O) groups excluding carboxylic acids is 1. The number of ether oxygens (including phenoxy) is 1. The summed E-state index contributed by atoms with van der Waals surface area (Å²) < 4.78 is 4.82. The Morgan fingerprint density at radius 1 is 1.32 bits per heavy atom. The Bertz CT molecular complexity index is 607. The molecule has 0 spiro atoms. The van der Waals surface area contributed by atoms with Crippen molar-refractivity contribution in [2.75, 3.05) is 0 Å². The van der Waals surface area contributed by atoms with Crippen molar-refractivity contribution in [2.24, 2.45) is 0 Å². The van der Waals surface area contributed by atoms with Crippen molar-refractivity contribution in [2.45, 2.75) is 13.5 Å². The normalized spacial score (nSPS) is 10.2. The van der Waals surface area contributed by atoms with Crippen LogP contribution in [-0.2, 0) is 16.1 Å². The Morgan fingerprint density at radius 3 is 2.58 bits per heavy atom. The maximum Gasteiger partial charge on any atom is 0.337 e. The molecule has 0 atom stereocenters. The van der Waals surface area contributed by atoms with Crippen LogP contribution in [0.2, 0.25) is 0 Å². The molecular formula is C12H11N3O4. The second-order valence-electron chi connectivity index (χ2n) is 3.76. The number of carboxylic acid groups (broad SMARTS) is 1. The summed E-state index contributed by atoms with van der Waals surface area (Å²) in [6.07, 6.45) is 2.91. The lowest BCUT2D eigenvalue weighted by Gasteiger charge is -2.08. The highest BCUT2D eigenvalue weighted by Crippen LogP contribution is 2.16. The van der Waals surface area contributed by atoms with E-state index in [0.717, 1.165) is 0 Å². The van der Waals surface area contributed by atoms with Crippen molar-refractivity contribution in [1.29, 1.82) is 0 Å². The monoisotopic (exact) mass is 261 g/mol. The standard InChI is InChI=1S/C12H11N3O4/c1-8(16)19-7-9-2-3-11(10(6-9)12(17)18)15-13-4-5-14-15/h2-6H,7H2,1H3,(H,17,18). The summed E-state index contributed by atoms with van der Waals surface area (Å²) in [6, 6.07) is 4.67. The molecule has 0 radical (unpaired) electrons. The average molecular weight is 261 g/mol. The Labute approximate surface area is 108 Å². The highest BCUT2D eigenvalue weighted by atomic mass is 16.5.